The summed E-state index contributed by atoms with van der Waals surface area (Å²) in [5.41, 5.74) is 0.620. The van der Waals surface area contributed by atoms with E-state index < -0.39 is 0 Å². The van der Waals surface area contributed by atoms with E-state index in [1.807, 2.05) is 13.8 Å². The molecule has 1 nitrogen and oxygen atoms in total. The van der Waals surface area contributed by atoms with E-state index in [1.54, 1.807) is 19.2 Å². The van der Waals surface area contributed by atoms with Crippen LogP contribution in [0, 0.1) is 11.7 Å². The van der Waals surface area contributed by atoms with E-state index in [1.165, 1.54) is 6.07 Å². The summed E-state index contributed by atoms with van der Waals surface area (Å²) < 4.78 is 18.1. The van der Waals surface area contributed by atoms with Crippen LogP contribution >= 0.6 is 0 Å². The van der Waals surface area contributed by atoms with Gasteiger partial charge in [0.05, 0.1) is 7.11 Å². The molecule has 0 aromatic heterocycles. The van der Waals surface area contributed by atoms with Gasteiger partial charge in [-0.3, -0.25) is 0 Å². The predicted molar refractivity (Wildman–Crippen MR) is 46.6 cm³/mol. The van der Waals surface area contributed by atoms with Crippen molar-refractivity contribution in [3.8, 4) is 5.75 Å². The van der Waals surface area contributed by atoms with Crippen LogP contribution in [0.4, 0.5) is 4.39 Å². The van der Waals surface area contributed by atoms with Crippen molar-refractivity contribution in [2.75, 3.05) is 7.11 Å². The smallest absolute Gasteiger partial charge is 0.127 e. The summed E-state index contributed by atoms with van der Waals surface area (Å²) in [5, 5.41) is 0. The Kier molecular flexibility index (Phi) is 2.69. The number of hydrogen-bond donors (Lipinski definition) is 0. The normalized spacial score (nSPS) is 10.4. The van der Waals surface area contributed by atoms with Gasteiger partial charge in [-0.05, 0) is 23.8 Å². The van der Waals surface area contributed by atoms with E-state index in [-0.39, 0.29) is 5.82 Å². The highest BCUT2D eigenvalue weighted by molar-refractivity contribution is 5.36. The number of hydrogen-bond acceptors (Lipinski definition) is 1. The molecule has 0 aliphatic rings. The zero-order valence-corrected chi connectivity index (χ0v) is 7.52. The van der Waals surface area contributed by atoms with E-state index >= 15 is 0 Å². The fourth-order valence-corrected chi connectivity index (χ4v) is 1.01. The van der Waals surface area contributed by atoms with E-state index in [2.05, 4.69) is 0 Å². The van der Waals surface area contributed by atoms with E-state index in [4.69, 9.17) is 4.74 Å². The molecular formula is C10H12FO. The Morgan fingerprint density at radius 1 is 1.33 bits per heavy atom. The van der Waals surface area contributed by atoms with E-state index in [9.17, 15) is 4.39 Å². The first-order valence-electron chi connectivity index (χ1n) is 3.79. The minimum atomic E-state index is -0.198. The van der Waals surface area contributed by atoms with Crippen molar-refractivity contribution in [1.29, 1.82) is 0 Å². The molecule has 0 atom stereocenters. The van der Waals surface area contributed by atoms with E-state index in [0.717, 1.165) is 5.92 Å². The molecule has 0 N–H and O–H groups in total. The highest BCUT2D eigenvalue weighted by atomic mass is 19.1. The Balaban J connectivity index is 3.08. The van der Waals surface area contributed by atoms with Crippen molar-refractivity contribution >= 4 is 0 Å². The Morgan fingerprint density at radius 2 is 2.00 bits per heavy atom. The number of methoxy groups -OCH3 is 1. The van der Waals surface area contributed by atoms with Crippen LogP contribution in [0.3, 0.4) is 0 Å². The largest absolute Gasteiger partial charge is 0.497 e. The Hall–Kier alpha value is -1.05. The first-order valence-corrected chi connectivity index (χ1v) is 3.79. The molecule has 0 saturated heterocycles. The maximum Gasteiger partial charge on any atom is 0.127 e. The van der Waals surface area contributed by atoms with Gasteiger partial charge in [0.2, 0.25) is 0 Å². The topological polar surface area (TPSA) is 9.23 Å². The predicted octanol–water partition coefficient (Wildman–Crippen LogP) is 2.80. The van der Waals surface area contributed by atoms with Crippen molar-refractivity contribution in [1.82, 2.24) is 0 Å². The van der Waals surface area contributed by atoms with Crippen molar-refractivity contribution in [2.45, 2.75) is 13.8 Å². The van der Waals surface area contributed by atoms with E-state index in [0.29, 0.717) is 11.3 Å². The molecule has 0 saturated carbocycles. The number of rotatable bonds is 2. The molecule has 1 aromatic carbocycles. The van der Waals surface area contributed by atoms with Gasteiger partial charge in [-0.1, -0.05) is 13.8 Å². The van der Waals surface area contributed by atoms with Gasteiger partial charge in [-0.2, -0.15) is 0 Å². The lowest BCUT2D eigenvalue weighted by Crippen LogP contribution is -1.94. The molecule has 0 fully saturated rings. The molecule has 0 heterocycles. The molecule has 65 valence electrons. The van der Waals surface area contributed by atoms with Gasteiger partial charge in [0.15, 0.2) is 0 Å². The number of ether oxygens (including phenoxy) is 1. The van der Waals surface area contributed by atoms with Crippen molar-refractivity contribution in [2.24, 2.45) is 0 Å². The number of benzene rings is 1. The third kappa shape index (κ3) is 1.76. The van der Waals surface area contributed by atoms with Gasteiger partial charge in [-0.25, -0.2) is 4.39 Å². The molecule has 2 heteroatoms. The highest BCUT2D eigenvalue weighted by Crippen LogP contribution is 2.22. The maximum absolute atomic E-state index is 13.1. The quantitative estimate of drug-likeness (QED) is 0.658. The van der Waals surface area contributed by atoms with Crippen LogP contribution in [0.25, 0.3) is 0 Å². The van der Waals surface area contributed by atoms with Gasteiger partial charge in [-0.15, -0.1) is 0 Å². The highest BCUT2D eigenvalue weighted by Gasteiger charge is 2.07. The van der Waals surface area contributed by atoms with Gasteiger partial charge in [0.25, 0.3) is 0 Å². The van der Waals surface area contributed by atoms with Crippen molar-refractivity contribution < 1.29 is 9.13 Å². The van der Waals surface area contributed by atoms with Crippen molar-refractivity contribution in [3.63, 3.8) is 0 Å². The summed E-state index contributed by atoms with van der Waals surface area (Å²) in [5.74, 6) is 1.44. The Bertz CT molecular complexity index is 269. The third-order valence-corrected chi connectivity index (χ3v) is 1.71. The van der Waals surface area contributed by atoms with Gasteiger partial charge < -0.3 is 4.74 Å². The van der Waals surface area contributed by atoms with Gasteiger partial charge in [0, 0.05) is 5.92 Å². The summed E-state index contributed by atoms with van der Waals surface area (Å²) >= 11 is 0. The zero-order chi connectivity index (χ0) is 9.14. The molecule has 0 bridgehead atoms. The first-order chi connectivity index (χ1) is 5.65. The van der Waals surface area contributed by atoms with Crippen LogP contribution in [0.2, 0.25) is 0 Å². The summed E-state index contributed by atoms with van der Waals surface area (Å²) in [7, 11) is 1.57. The SMILES string of the molecule is COc1ccc(F)c([C](C)C)c1. The minimum Gasteiger partial charge on any atom is -0.497 e. The van der Waals surface area contributed by atoms with Crippen LogP contribution < -0.4 is 4.74 Å². The van der Waals surface area contributed by atoms with Gasteiger partial charge in [0.1, 0.15) is 11.6 Å². The third-order valence-electron chi connectivity index (χ3n) is 1.71. The summed E-state index contributed by atoms with van der Waals surface area (Å²) in [6.45, 7) is 3.75. The molecular weight excluding hydrogens is 155 g/mol. The Labute approximate surface area is 72.2 Å². The molecule has 1 radical (unpaired) electrons. The molecule has 1 aromatic rings. The van der Waals surface area contributed by atoms with Crippen molar-refractivity contribution in [3.05, 3.63) is 35.5 Å². The fraction of sp³-hybridized carbons (Fsp3) is 0.300. The second-order valence-corrected chi connectivity index (χ2v) is 2.85. The van der Waals surface area contributed by atoms with Crippen LogP contribution in [0.5, 0.6) is 5.75 Å². The summed E-state index contributed by atoms with van der Waals surface area (Å²) in [4.78, 5) is 0. The zero-order valence-electron chi connectivity index (χ0n) is 7.52. The van der Waals surface area contributed by atoms with Crippen LogP contribution in [0.15, 0.2) is 18.2 Å². The van der Waals surface area contributed by atoms with Crippen LogP contribution in [-0.2, 0) is 0 Å². The van der Waals surface area contributed by atoms with Gasteiger partial charge >= 0.3 is 0 Å². The average molecular weight is 167 g/mol. The molecule has 12 heavy (non-hydrogen) atoms. The molecule has 0 unspecified atom stereocenters. The second-order valence-electron chi connectivity index (χ2n) is 2.85. The summed E-state index contributed by atoms with van der Waals surface area (Å²) in [6.07, 6.45) is 0. The average Bonchev–Trinajstić information content (AvgIpc) is 2.05. The molecule has 0 aliphatic carbocycles. The first kappa shape index (κ1) is 9.04. The molecule has 0 spiro atoms. The van der Waals surface area contributed by atoms with Crippen LogP contribution in [-0.4, -0.2) is 7.11 Å². The molecule has 0 amide bonds. The van der Waals surface area contributed by atoms with Crippen LogP contribution in [0.1, 0.15) is 19.4 Å². The lowest BCUT2D eigenvalue weighted by molar-refractivity contribution is 0.413. The fourth-order valence-electron chi connectivity index (χ4n) is 1.01. The molecule has 0 aliphatic heterocycles. The number of halogens is 1. The maximum atomic E-state index is 13.1. The lowest BCUT2D eigenvalue weighted by atomic mass is 10.0. The minimum absolute atomic E-state index is 0.198. The standard InChI is InChI=1S/C10H12FO/c1-7(2)9-6-8(12-3)4-5-10(9)11/h4-6H,1-3H3. The Morgan fingerprint density at radius 3 is 2.50 bits per heavy atom. The monoisotopic (exact) mass is 167 g/mol. The summed E-state index contributed by atoms with van der Waals surface area (Å²) in [6, 6.07) is 4.73. The lowest BCUT2D eigenvalue weighted by Gasteiger charge is -2.07. The molecule has 1 rings (SSSR count). The second kappa shape index (κ2) is 3.57.